The quantitative estimate of drug-likeness (QED) is 0.440. The first-order valence-electron chi connectivity index (χ1n) is 2.22. The number of allylic oxidation sites excluding steroid dienone is 1. The van der Waals surface area contributed by atoms with Crippen molar-refractivity contribution in [2.24, 2.45) is 0 Å². The maximum atomic E-state index is 2.91. The Bertz CT molecular complexity index is 97.1. The van der Waals surface area contributed by atoms with Crippen molar-refractivity contribution in [2.75, 3.05) is 7.05 Å². The van der Waals surface area contributed by atoms with Crippen LogP contribution in [-0.4, -0.2) is 12.1 Å². The van der Waals surface area contributed by atoms with E-state index in [1.54, 1.807) is 0 Å². The molecule has 3 nitrogen and oxygen atoms in total. The first kappa shape index (κ1) is 4.46. The average Bonchev–Trinajstić information content (AvgIpc) is 1.87. The predicted molar refractivity (Wildman–Crippen MR) is 27.8 cm³/mol. The Morgan fingerprint density at radius 1 is 1.71 bits per heavy atom. The van der Waals surface area contributed by atoms with Crippen LogP contribution in [0.1, 0.15) is 6.92 Å². The maximum absolute atomic E-state index is 2.91. The molecule has 0 spiro atoms. The zero-order chi connectivity index (χ0) is 5.28. The molecule has 2 N–H and O–H groups in total. The summed E-state index contributed by atoms with van der Waals surface area (Å²) in [6.07, 6.45) is 1.97. The third kappa shape index (κ3) is 0.838. The molecule has 0 aromatic heterocycles. The summed E-state index contributed by atoms with van der Waals surface area (Å²) >= 11 is 0. The lowest BCUT2D eigenvalue weighted by molar-refractivity contribution is 0.327. The van der Waals surface area contributed by atoms with Crippen LogP contribution in [0.4, 0.5) is 0 Å². The molecule has 0 aliphatic carbocycles. The van der Waals surface area contributed by atoms with E-state index in [0.717, 1.165) is 5.70 Å². The number of hydrazine groups is 2. The molecule has 3 heteroatoms. The van der Waals surface area contributed by atoms with Crippen LogP contribution in [0.15, 0.2) is 11.9 Å². The van der Waals surface area contributed by atoms with Gasteiger partial charge in [-0.15, -0.1) is 5.53 Å². The lowest BCUT2D eigenvalue weighted by Gasteiger charge is -2.04. The van der Waals surface area contributed by atoms with Gasteiger partial charge in [0.1, 0.15) is 0 Å². The lowest BCUT2D eigenvalue weighted by atomic mass is 10.6. The van der Waals surface area contributed by atoms with Crippen molar-refractivity contribution in [3.8, 4) is 0 Å². The maximum Gasteiger partial charge on any atom is 0.0422 e. The van der Waals surface area contributed by atoms with Crippen LogP contribution < -0.4 is 11.0 Å². The summed E-state index contributed by atoms with van der Waals surface area (Å²) in [4.78, 5) is 0. The Hall–Kier alpha value is -0.700. The highest BCUT2D eigenvalue weighted by atomic mass is 15.7. The van der Waals surface area contributed by atoms with Gasteiger partial charge in [-0.3, -0.25) is 5.01 Å². The smallest absolute Gasteiger partial charge is 0.0422 e. The molecule has 1 rings (SSSR count). The van der Waals surface area contributed by atoms with Gasteiger partial charge in [0, 0.05) is 18.9 Å². The molecular weight excluding hydrogens is 90.1 g/mol. The molecule has 0 aromatic rings. The normalized spacial score (nSPS) is 19.1. The molecule has 0 amide bonds. The first-order chi connectivity index (χ1) is 3.29. The Labute approximate surface area is 42.9 Å². The minimum absolute atomic E-state index is 1.14. The molecule has 0 radical (unpaired) electrons. The van der Waals surface area contributed by atoms with Crippen molar-refractivity contribution >= 4 is 0 Å². The molecule has 0 saturated heterocycles. The molecule has 0 unspecified atom stereocenters. The Kier molecular flexibility index (Phi) is 0.906. The lowest BCUT2D eigenvalue weighted by Crippen LogP contribution is -2.32. The van der Waals surface area contributed by atoms with Gasteiger partial charge in [-0.1, -0.05) is 0 Å². The summed E-state index contributed by atoms with van der Waals surface area (Å²) < 4.78 is 0. The molecule has 0 aromatic carbocycles. The monoisotopic (exact) mass is 99.1 g/mol. The fourth-order valence-electron chi connectivity index (χ4n) is 0.531. The summed E-state index contributed by atoms with van der Waals surface area (Å²) in [6, 6.07) is 0. The molecule has 7 heavy (non-hydrogen) atoms. The van der Waals surface area contributed by atoms with Crippen molar-refractivity contribution in [3.63, 3.8) is 0 Å². The van der Waals surface area contributed by atoms with Crippen LogP contribution in [0, 0.1) is 0 Å². The van der Waals surface area contributed by atoms with Crippen LogP contribution in [-0.2, 0) is 0 Å². The molecule has 40 valence electrons. The second-order valence-electron chi connectivity index (χ2n) is 1.66. The second kappa shape index (κ2) is 1.42. The second-order valence-corrected chi connectivity index (χ2v) is 1.66. The third-order valence-electron chi connectivity index (χ3n) is 0.817. The highest BCUT2D eigenvalue weighted by Crippen LogP contribution is 1.91. The summed E-state index contributed by atoms with van der Waals surface area (Å²) in [5, 5.41) is 1.86. The van der Waals surface area contributed by atoms with E-state index >= 15 is 0 Å². The average molecular weight is 99.1 g/mol. The molecule has 1 aliphatic heterocycles. The van der Waals surface area contributed by atoms with E-state index in [-0.39, 0.29) is 0 Å². The van der Waals surface area contributed by atoms with E-state index in [2.05, 4.69) is 11.0 Å². The largest absolute Gasteiger partial charge is 0.307 e. The van der Waals surface area contributed by atoms with Gasteiger partial charge in [-0.05, 0) is 6.92 Å². The van der Waals surface area contributed by atoms with Gasteiger partial charge in [-0.2, -0.15) is 0 Å². The van der Waals surface area contributed by atoms with Crippen LogP contribution in [0.3, 0.4) is 0 Å². The molecule has 0 bridgehead atoms. The Balaban J connectivity index is 2.50. The van der Waals surface area contributed by atoms with Crippen molar-refractivity contribution in [3.05, 3.63) is 11.9 Å². The van der Waals surface area contributed by atoms with Crippen LogP contribution in [0.5, 0.6) is 0 Å². The van der Waals surface area contributed by atoms with Crippen LogP contribution >= 0.6 is 0 Å². The fourth-order valence-corrected chi connectivity index (χ4v) is 0.531. The first-order valence-corrected chi connectivity index (χ1v) is 2.22. The minimum atomic E-state index is 1.14. The Morgan fingerprint density at radius 3 is 2.57 bits per heavy atom. The summed E-state index contributed by atoms with van der Waals surface area (Å²) in [6.45, 7) is 2.00. The van der Waals surface area contributed by atoms with Crippen LogP contribution in [0.25, 0.3) is 0 Å². The summed E-state index contributed by atoms with van der Waals surface area (Å²) in [5.41, 5.74) is 6.91. The van der Waals surface area contributed by atoms with Crippen molar-refractivity contribution < 1.29 is 0 Å². The highest BCUT2D eigenvalue weighted by Gasteiger charge is 1.97. The van der Waals surface area contributed by atoms with E-state index in [1.807, 2.05) is 25.2 Å². The predicted octanol–water partition coefficient (Wildman–Crippen LogP) is -0.198. The fraction of sp³-hybridized carbons (Fsp3) is 0.500. The van der Waals surface area contributed by atoms with Crippen molar-refractivity contribution in [2.45, 2.75) is 6.92 Å². The van der Waals surface area contributed by atoms with E-state index in [0.29, 0.717) is 0 Å². The molecular formula is C4H9N3. The highest BCUT2D eigenvalue weighted by molar-refractivity contribution is 4.95. The van der Waals surface area contributed by atoms with Crippen molar-refractivity contribution in [1.29, 1.82) is 0 Å². The number of nitrogens with one attached hydrogen (secondary N) is 2. The van der Waals surface area contributed by atoms with Crippen molar-refractivity contribution in [1.82, 2.24) is 16.0 Å². The molecule has 1 heterocycles. The summed E-state index contributed by atoms with van der Waals surface area (Å²) in [7, 11) is 1.93. The Morgan fingerprint density at radius 2 is 2.43 bits per heavy atom. The summed E-state index contributed by atoms with van der Waals surface area (Å²) in [5.74, 6) is 0. The molecule has 1 aliphatic rings. The number of hydrogen-bond donors (Lipinski definition) is 2. The molecule has 0 saturated carbocycles. The SMILES string of the molecule is CC1=CN(C)NN1. The van der Waals surface area contributed by atoms with E-state index in [9.17, 15) is 0 Å². The van der Waals surface area contributed by atoms with Crippen LogP contribution in [0.2, 0.25) is 0 Å². The van der Waals surface area contributed by atoms with Gasteiger partial charge in [-0.25, -0.2) is 0 Å². The van der Waals surface area contributed by atoms with Gasteiger partial charge in [0.2, 0.25) is 0 Å². The number of hydrogen-bond acceptors (Lipinski definition) is 3. The minimum Gasteiger partial charge on any atom is -0.307 e. The van der Waals surface area contributed by atoms with E-state index in [4.69, 9.17) is 0 Å². The zero-order valence-electron chi connectivity index (χ0n) is 4.52. The molecule has 0 fully saturated rings. The topological polar surface area (TPSA) is 27.3 Å². The van der Waals surface area contributed by atoms with Gasteiger partial charge >= 0.3 is 0 Å². The third-order valence-corrected chi connectivity index (χ3v) is 0.817. The zero-order valence-corrected chi connectivity index (χ0v) is 4.52. The van der Waals surface area contributed by atoms with E-state index in [1.165, 1.54) is 0 Å². The van der Waals surface area contributed by atoms with Gasteiger partial charge < -0.3 is 5.43 Å². The van der Waals surface area contributed by atoms with Gasteiger partial charge in [0.15, 0.2) is 0 Å². The standard InChI is InChI=1S/C4H9N3/c1-4-3-7(2)6-5-4/h3,5-6H,1-2H3. The number of nitrogens with zero attached hydrogens (tertiary/aromatic N) is 1. The number of rotatable bonds is 0. The molecule has 0 atom stereocenters. The van der Waals surface area contributed by atoms with Gasteiger partial charge in [0.05, 0.1) is 0 Å². The van der Waals surface area contributed by atoms with E-state index < -0.39 is 0 Å². The van der Waals surface area contributed by atoms with Gasteiger partial charge in [0.25, 0.3) is 0 Å².